The van der Waals surface area contributed by atoms with E-state index in [1.807, 2.05) is 6.07 Å². The number of ether oxygens (including phenoxy) is 1. The highest BCUT2D eigenvalue weighted by Crippen LogP contribution is 2.65. The van der Waals surface area contributed by atoms with Gasteiger partial charge >= 0.3 is 5.97 Å². The summed E-state index contributed by atoms with van der Waals surface area (Å²) < 4.78 is 10.9. The summed E-state index contributed by atoms with van der Waals surface area (Å²) in [6.07, 6.45) is 9.43. The molecule has 0 radical (unpaired) electrons. The lowest BCUT2D eigenvalue weighted by molar-refractivity contribution is -0.207. The molecular formula is C21H26O3. The molecule has 3 fully saturated rings. The van der Waals surface area contributed by atoms with Crippen molar-refractivity contribution in [2.24, 2.45) is 22.7 Å². The lowest BCUT2D eigenvalue weighted by Gasteiger charge is -2.61. The third-order valence-electron chi connectivity index (χ3n) is 6.96. The number of hydrogen-bond donors (Lipinski definition) is 0. The zero-order chi connectivity index (χ0) is 16.9. The van der Waals surface area contributed by atoms with E-state index >= 15 is 0 Å². The van der Waals surface area contributed by atoms with Crippen LogP contribution in [0.4, 0.5) is 0 Å². The van der Waals surface area contributed by atoms with Crippen LogP contribution in [-0.2, 0) is 9.53 Å². The van der Waals surface area contributed by atoms with Crippen LogP contribution in [0.15, 0.2) is 41.7 Å². The van der Waals surface area contributed by atoms with E-state index in [0.717, 1.165) is 49.7 Å². The first kappa shape index (κ1) is 15.7. The van der Waals surface area contributed by atoms with Crippen molar-refractivity contribution < 1.29 is 13.9 Å². The van der Waals surface area contributed by atoms with Gasteiger partial charge in [0.1, 0.15) is 0 Å². The van der Waals surface area contributed by atoms with Crippen LogP contribution in [0.2, 0.25) is 0 Å². The van der Waals surface area contributed by atoms with Crippen LogP contribution >= 0.6 is 0 Å². The van der Waals surface area contributed by atoms with Gasteiger partial charge in [-0.3, -0.25) is 4.79 Å². The molecule has 3 heteroatoms. The van der Waals surface area contributed by atoms with E-state index in [4.69, 9.17) is 9.15 Å². The summed E-state index contributed by atoms with van der Waals surface area (Å²) in [4.78, 5) is 13.0. The van der Waals surface area contributed by atoms with Crippen molar-refractivity contribution in [3.05, 3.63) is 42.9 Å². The van der Waals surface area contributed by atoms with Gasteiger partial charge in [-0.05, 0) is 55.6 Å². The summed E-state index contributed by atoms with van der Waals surface area (Å²) in [5, 5.41) is 0. The van der Waals surface area contributed by atoms with Gasteiger partial charge in [-0.25, -0.2) is 0 Å². The molecule has 2 heterocycles. The van der Waals surface area contributed by atoms with Gasteiger partial charge in [0.05, 0.1) is 24.5 Å². The number of hydrogen-bond acceptors (Lipinski definition) is 3. The highest BCUT2D eigenvalue weighted by molar-refractivity contribution is 5.80. The van der Waals surface area contributed by atoms with Crippen molar-refractivity contribution in [3.63, 3.8) is 0 Å². The van der Waals surface area contributed by atoms with Gasteiger partial charge in [0, 0.05) is 11.0 Å². The molecule has 2 bridgehead atoms. The van der Waals surface area contributed by atoms with Gasteiger partial charge < -0.3 is 9.15 Å². The molecule has 2 aliphatic carbocycles. The van der Waals surface area contributed by atoms with E-state index in [2.05, 4.69) is 20.1 Å². The van der Waals surface area contributed by atoms with Crippen LogP contribution in [0.25, 0.3) is 5.57 Å². The maximum Gasteiger partial charge on any atom is 0.313 e. The lowest BCUT2D eigenvalue weighted by atomic mass is 9.45. The van der Waals surface area contributed by atoms with E-state index in [9.17, 15) is 4.79 Å². The molecule has 128 valence electrons. The summed E-state index contributed by atoms with van der Waals surface area (Å²) >= 11 is 0. The third kappa shape index (κ3) is 2.06. The van der Waals surface area contributed by atoms with E-state index in [-0.39, 0.29) is 17.3 Å². The summed E-state index contributed by atoms with van der Waals surface area (Å²) in [5.41, 5.74) is 2.97. The van der Waals surface area contributed by atoms with Crippen molar-refractivity contribution in [3.8, 4) is 0 Å². The second-order valence-electron chi connectivity index (χ2n) is 8.25. The number of carbonyl (C=O) groups excluding carboxylic acids is 1. The molecule has 1 aliphatic heterocycles. The Morgan fingerprint density at radius 1 is 1.42 bits per heavy atom. The summed E-state index contributed by atoms with van der Waals surface area (Å²) in [6.45, 7) is 11.5. The molecular weight excluding hydrogens is 300 g/mol. The fourth-order valence-corrected chi connectivity index (χ4v) is 5.73. The SMILES string of the molecule is C=C(C[C@@H]1C(=C)CC[C@@H]2[C@@]3(C)CCC[C@@]12C(=O)OC3)c1ccoc1. The standard InChI is InChI=1S/C21H26O3/c1-14-5-6-18-20(3)8-4-9-21(18,19(22)24-13-20)17(14)11-15(2)16-7-10-23-12-16/h7,10,12,17-18H,1-2,4-6,8-9,11,13H2,3H3/t17-,18-,20+,21-/m1/s1. The van der Waals surface area contributed by atoms with E-state index < -0.39 is 5.41 Å². The van der Waals surface area contributed by atoms with Crippen LogP contribution in [0.5, 0.6) is 0 Å². The number of furan rings is 1. The Hall–Kier alpha value is -1.77. The van der Waals surface area contributed by atoms with Gasteiger partial charge in [-0.1, -0.05) is 32.1 Å². The molecule has 0 spiro atoms. The first-order valence-corrected chi connectivity index (χ1v) is 9.03. The number of esters is 1. The van der Waals surface area contributed by atoms with Crippen molar-refractivity contribution >= 4 is 11.5 Å². The van der Waals surface area contributed by atoms with Crippen molar-refractivity contribution in [1.29, 1.82) is 0 Å². The third-order valence-corrected chi connectivity index (χ3v) is 6.96. The summed E-state index contributed by atoms with van der Waals surface area (Å²) in [5.74, 6) is 0.550. The predicted octanol–water partition coefficient (Wildman–Crippen LogP) is 5.00. The van der Waals surface area contributed by atoms with E-state index in [1.54, 1.807) is 12.5 Å². The Kier molecular flexibility index (Phi) is 3.52. The molecule has 0 amide bonds. The monoisotopic (exact) mass is 326 g/mol. The smallest absolute Gasteiger partial charge is 0.313 e. The van der Waals surface area contributed by atoms with Crippen molar-refractivity contribution in [1.82, 2.24) is 0 Å². The van der Waals surface area contributed by atoms with Gasteiger partial charge in [-0.15, -0.1) is 0 Å². The molecule has 1 saturated heterocycles. The fraction of sp³-hybridized carbons (Fsp3) is 0.571. The quantitative estimate of drug-likeness (QED) is 0.580. The molecule has 3 nitrogen and oxygen atoms in total. The highest BCUT2D eigenvalue weighted by Gasteiger charge is 2.64. The topological polar surface area (TPSA) is 39.4 Å². The Morgan fingerprint density at radius 3 is 3.00 bits per heavy atom. The molecule has 2 saturated carbocycles. The molecule has 0 aromatic carbocycles. The molecule has 24 heavy (non-hydrogen) atoms. The molecule has 4 atom stereocenters. The zero-order valence-corrected chi connectivity index (χ0v) is 14.5. The van der Waals surface area contributed by atoms with E-state index in [0.29, 0.717) is 12.5 Å². The first-order valence-electron chi connectivity index (χ1n) is 9.03. The Morgan fingerprint density at radius 2 is 2.25 bits per heavy atom. The molecule has 3 aliphatic rings. The van der Waals surface area contributed by atoms with Crippen LogP contribution in [0.3, 0.4) is 0 Å². The number of carbonyl (C=O) groups is 1. The van der Waals surface area contributed by atoms with Crippen LogP contribution in [0, 0.1) is 22.7 Å². The minimum Gasteiger partial charge on any atom is -0.472 e. The number of cyclic esters (lactones) is 1. The molecule has 4 rings (SSSR count). The normalized spacial score (nSPS) is 38.4. The minimum absolute atomic E-state index is 0.00974. The van der Waals surface area contributed by atoms with Crippen molar-refractivity contribution in [2.75, 3.05) is 6.61 Å². The van der Waals surface area contributed by atoms with Crippen LogP contribution in [-0.4, -0.2) is 12.6 Å². The molecule has 0 unspecified atom stereocenters. The Labute approximate surface area is 143 Å². The van der Waals surface area contributed by atoms with Gasteiger partial charge in [-0.2, -0.15) is 0 Å². The van der Waals surface area contributed by atoms with Gasteiger partial charge in [0.25, 0.3) is 0 Å². The lowest BCUT2D eigenvalue weighted by Crippen LogP contribution is -2.61. The van der Waals surface area contributed by atoms with E-state index in [1.165, 1.54) is 5.57 Å². The predicted molar refractivity (Wildman–Crippen MR) is 93.1 cm³/mol. The minimum atomic E-state index is -0.396. The van der Waals surface area contributed by atoms with Crippen LogP contribution in [0.1, 0.15) is 51.0 Å². The van der Waals surface area contributed by atoms with Gasteiger partial charge in [0.2, 0.25) is 0 Å². The average Bonchev–Trinajstić information content (AvgIpc) is 3.09. The van der Waals surface area contributed by atoms with Crippen molar-refractivity contribution in [2.45, 2.75) is 45.4 Å². The average molecular weight is 326 g/mol. The van der Waals surface area contributed by atoms with Crippen LogP contribution < -0.4 is 0 Å². The largest absolute Gasteiger partial charge is 0.472 e. The maximum absolute atomic E-state index is 13.0. The highest BCUT2D eigenvalue weighted by atomic mass is 16.5. The summed E-state index contributed by atoms with van der Waals surface area (Å²) in [6, 6.07) is 1.94. The van der Waals surface area contributed by atoms with Gasteiger partial charge in [0.15, 0.2) is 0 Å². The Balaban J connectivity index is 1.72. The summed E-state index contributed by atoms with van der Waals surface area (Å²) in [7, 11) is 0. The number of rotatable bonds is 3. The Bertz CT molecular complexity index is 686. The maximum atomic E-state index is 13.0. The second-order valence-corrected chi connectivity index (χ2v) is 8.25. The molecule has 0 N–H and O–H groups in total. The fourth-order valence-electron chi connectivity index (χ4n) is 5.73. The number of allylic oxidation sites excluding steroid dienone is 2. The molecule has 1 aromatic heterocycles. The molecule has 1 aromatic rings. The first-order chi connectivity index (χ1) is 11.5. The zero-order valence-electron chi connectivity index (χ0n) is 14.5. The second kappa shape index (κ2) is 5.37.